The summed E-state index contributed by atoms with van der Waals surface area (Å²) in [5.74, 6) is 0.988. The van der Waals surface area contributed by atoms with Gasteiger partial charge in [-0.3, -0.25) is 0 Å². The van der Waals surface area contributed by atoms with E-state index in [-0.39, 0.29) is 0 Å². The third-order valence-electron chi connectivity index (χ3n) is 4.99. The fourth-order valence-corrected chi connectivity index (χ4v) is 3.64. The zero-order chi connectivity index (χ0) is 13.8. The smallest absolute Gasteiger partial charge is 0.00954 e. The first-order valence-corrected chi connectivity index (χ1v) is 8.71. The van der Waals surface area contributed by atoms with Gasteiger partial charge in [0.05, 0.1) is 0 Å². The minimum atomic E-state index is 0.796. The minimum Gasteiger partial charge on any atom is -0.314 e. The quantitative estimate of drug-likeness (QED) is 0.744. The van der Waals surface area contributed by atoms with Crippen LogP contribution >= 0.6 is 0 Å². The van der Waals surface area contributed by atoms with E-state index in [4.69, 9.17) is 0 Å². The van der Waals surface area contributed by atoms with Crippen molar-refractivity contribution >= 4 is 0 Å². The molecular formula is C19H29N. The van der Waals surface area contributed by atoms with Crippen molar-refractivity contribution in [1.82, 2.24) is 5.32 Å². The fraction of sp³-hybridized carbons (Fsp3) is 0.684. The molecule has 1 aromatic carbocycles. The van der Waals surface area contributed by atoms with Crippen LogP contribution in [0.15, 0.2) is 18.2 Å². The van der Waals surface area contributed by atoms with Gasteiger partial charge in [0, 0.05) is 6.04 Å². The normalized spacial score (nSPS) is 19.1. The molecule has 0 amide bonds. The van der Waals surface area contributed by atoms with Crippen molar-refractivity contribution in [3.8, 4) is 0 Å². The molecule has 1 N–H and O–H groups in total. The summed E-state index contributed by atoms with van der Waals surface area (Å²) in [6.45, 7) is 3.46. The summed E-state index contributed by atoms with van der Waals surface area (Å²) < 4.78 is 0. The number of fused-ring (bicyclic) bond motifs is 1. The lowest BCUT2D eigenvalue weighted by atomic mass is 9.99. The van der Waals surface area contributed by atoms with Crippen molar-refractivity contribution in [2.24, 2.45) is 5.92 Å². The summed E-state index contributed by atoms with van der Waals surface area (Å²) in [5, 5.41) is 3.76. The number of hydrogen-bond acceptors (Lipinski definition) is 1. The Hall–Kier alpha value is -0.820. The molecule has 20 heavy (non-hydrogen) atoms. The van der Waals surface area contributed by atoms with Gasteiger partial charge in [-0.05, 0) is 86.9 Å². The van der Waals surface area contributed by atoms with Gasteiger partial charge in [0.25, 0.3) is 0 Å². The number of benzene rings is 1. The summed E-state index contributed by atoms with van der Waals surface area (Å²) in [6, 6.07) is 8.03. The highest BCUT2D eigenvalue weighted by Crippen LogP contribution is 2.34. The Kier molecular flexibility index (Phi) is 4.77. The van der Waals surface area contributed by atoms with Crippen molar-refractivity contribution in [3.63, 3.8) is 0 Å². The number of aryl methyl sites for hydroxylation is 3. The van der Waals surface area contributed by atoms with Gasteiger partial charge in [-0.25, -0.2) is 0 Å². The average molecular weight is 271 g/mol. The summed E-state index contributed by atoms with van der Waals surface area (Å²) in [5.41, 5.74) is 4.80. The standard InChI is InChI=1S/C19H29N/c1-2-13-20-19(17-11-12-17)8-3-5-15-9-10-16-6-4-7-18(16)14-15/h9-10,14,17,19-20H,2-8,11-13H2,1H3. The molecule has 0 aliphatic heterocycles. The number of nitrogens with one attached hydrogen (secondary N) is 1. The Morgan fingerprint density at radius 3 is 2.85 bits per heavy atom. The molecule has 0 spiro atoms. The topological polar surface area (TPSA) is 12.0 Å². The van der Waals surface area contributed by atoms with Crippen molar-refractivity contribution in [2.75, 3.05) is 6.54 Å². The van der Waals surface area contributed by atoms with Crippen LogP contribution in [0.1, 0.15) is 62.1 Å². The summed E-state index contributed by atoms with van der Waals surface area (Å²) >= 11 is 0. The summed E-state index contributed by atoms with van der Waals surface area (Å²) in [7, 11) is 0. The van der Waals surface area contributed by atoms with E-state index in [0.717, 1.165) is 12.0 Å². The Balaban J connectivity index is 1.46. The maximum absolute atomic E-state index is 3.76. The van der Waals surface area contributed by atoms with Crippen LogP contribution in [0.2, 0.25) is 0 Å². The zero-order valence-electron chi connectivity index (χ0n) is 13.0. The molecule has 1 nitrogen and oxygen atoms in total. The van der Waals surface area contributed by atoms with E-state index in [0.29, 0.717) is 0 Å². The maximum Gasteiger partial charge on any atom is 0.00954 e. The van der Waals surface area contributed by atoms with Gasteiger partial charge in [0.2, 0.25) is 0 Å². The highest BCUT2D eigenvalue weighted by Gasteiger charge is 2.30. The lowest BCUT2D eigenvalue weighted by Gasteiger charge is -2.17. The van der Waals surface area contributed by atoms with Crippen LogP contribution in [0, 0.1) is 5.92 Å². The Labute approximate surface area is 124 Å². The predicted molar refractivity (Wildman–Crippen MR) is 86.2 cm³/mol. The monoisotopic (exact) mass is 271 g/mol. The number of rotatable bonds is 8. The first kappa shape index (κ1) is 14.1. The van der Waals surface area contributed by atoms with Gasteiger partial charge < -0.3 is 5.32 Å². The Morgan fingerprint density at radius 1 is 1.20 bits per heavy atom. The van der Waals surface area contributed by atoms with E-state index in [1.807, 2.05) is 0 Å². The van der Waals surface area contributed by atoms with Crippen LogP contribution in [0.3, 0.4) is 0 Å². The third kappa shape index (κ3) is 3.63. The molecule has 0 bridgehead atoms. The van der Waals surface area contributed by atoms with E-state index >= 15 is 0 Å². The van der Waals surface area contributed by atoms with E-state index in [2.05, 4.69) is 30.4 Å². The van der Waals surface area contributed by atoms with Crippen LogP contribution in [0.4, 0.5) is 0 Å². The predicted octanol–water partition coefficient (Wildman–Crippen LogP) is 4.28. The van der Waals surface area contributed by atoms with Gasteiger partial charge in [0.15, 0.2) is 0 Å². The van der Waals surface area contributed by atoms with Crippen LogP contribution in [0.25, 0.3) is 0 Å². The minimum absolute atomic E-state index is 0.796. The average Bonchev–Trinajstić information content (AvgIpc) is 3.20. The summed E-state index contributed by atoms with van der Waals surface area (Å²) in [6.07, 6.45) is 12.1. The fourth-order valence-electron chi connectivity index (χ4n) is 3.64. The molecule has 1 unspecified atom stereocenters. The lowest BCUT2D eigenvalue weighted by Crippen LogP contribution is -2.31. The van der Waals surface area contributed by atoms with Gasteiger partial charge in [0.1, 0.15) is 0 Å². The molecule has 110 valence electrons. The molecular weight excluding hydrogens is 242 g/mol. The van der Waals surface area contributed by atoms with Crippen LogP contribution in [-0.2, 0) is 19.3 Å². The first-order valence-electron chi connectivity index (χ1n) is 8.71. The van der Waals surface area contributed by atoms with E-state index in [1.54, 1.807) is 16.7 Å². The lowest BCUT2D eigenvalue weighted by molar-refractivity contribution is 0.425. The molecule has 2 aliphatic carbocycles. The second-order valence-corrected chi connectivity index (χ2v) is 6.75. The van der Waals surface area contributed by atoms with Crippen molar-refractivity contribution in [1.29, 1.82) is 0 Å². The highest BCUT2D eigenvalue weighted by atomic mass is 14.9. The maximum atomic E-state index is 3.76. The molecule has 1 heteroatoms. The molecule has 1 saturated carbocycles. The molecule has 0 heterocycles. The largest absolute Gasteiger partial charge is 0.314 e. The molecule has 0 aromatic heterocycles. The zero-order valence-corrected chi connectivity index (χ0v) is 13.0. The van der Waals surface area contributed by atoms with Gasteiger partial charge in [-0.15, -0.1) is 0 Å². The second kappa shape index (κ2) is 6.76. The van der Waals surface area contributed by atoms with Crippen molar-refractivity contribution in [2.45, 2.75) is 70.8 Å². The molecule has 0 saturated heterocycles. The number of hydrogen-bond donors (Lipinski definition) is 1. The van der Waals surface area contributed by atoms with Gasteiger partial charge in [-0.2, -0.15) is 0 Å². The van der Waals surface area contributed by atoms with E-state index in [1.165, 1.54) is 64.3 Å². The molecule has 3 rings (SSSR count). The Bertz CT molecular complexity index is 433. The van der Waals surface area contributed by atoms with Crippen LogP contribution < -0.4 is 5.32 Å². The molecule has 0 radical (unpaired) electrons. The molecule has 1 atom stereocenters. The van der Waals surface area contributed by atoms with Crippen LogP contribution in [-0.4, -0.2) is 12.6 Å². The van der Waals surface area contributed by atoms with Gasteiger partial charge in [-0.1, -0.05) is 25.1 Å². The van der Waals surface area contributed by atoms with E-state index in [9.17, 15) is 0 Å². The van der Waals surface area contributed by atoms with Crippen molar-refractivity contribution in [3.05, 3.63) is 34.9 Å². The van der Waals surface area contributed by atoms with Gasteiger partial charge >= 0.3 is 0 Å². The molecule has 2 aliphatic rings. The first-order chi connectivity index (χ1) is 9.86. The SMILES string of the molecule is CCCNC(CCCc1ccc2c(c1)CCC2)C1CC1. The summed E-state index contributed by atoms with van der Waals surface area (Å²) in [4.78, 5) is 0. The third-order valence-corrected chi connectivity index (χ3v) is 4.99. The van der Waals surface area contributed by atoms with Crippen molar-refractivity contribution < 1.29 is 0 Å². The van der Waals surface area contributed by atoms with Crippen LogP contribution in [0.5, 0.6) is 0 Å². The highest BCUT2D eigenvalue weighted by molar-refractivity contribution is 5.35. The van der Waals surface area contributed by atoms with E-state index < -0.39 is 0 Å². The molecule has 1 fully saturated rings. The molecule has 1 aromatic rings. The second-order valence-electron chi connectivity index (χ2n) is 6.75. The Morgan fingerprint density at radius 2 is 2.05 bits per heavy atom.